The van der Waals surface area contributed by atoms with Gasteiger partial charge in [0.1, 0.15) is 5.78 Å². The van der Waals surface area contributed by atoms with Crippen molar-refractivity contribution in [3.05, 3.63) is 35.9 Å². The van der Waals surface area contributed by atoms with E-state index in [9.17, 15) is 9.59 Å². The average Bonchev–Trinajstić information content (AvgIpc) is 2.50. The fourth-order valence-corrected chi connectivity index (χ4v) is 1.99. The van der Waals surface area contributed by atoms with Crippen LogP contribution < -0.4 is 0 Å². The molecule has 0 unspecified atom stereocenters. The van der Waals surface area contributed by atoms with E-state index in [1.165, 1.54) is 5.56 Å². The number of Topliss-reactive ketones (excluding diaryl/α,β-unsaturated/α-hetero) is 2. The lowest BCUT2D eigenvalue weighted by molar-refractivity contribution is -0.119. The highest BCUT2D eigenvalue weighted by Crippen LogP contribution is 2.06. The number of carbonyl (C=O) groups excluding carboxylic acids is 2. The Kier molecular flexibility index (Phi) is 8.88. The molecular weight excluding hydrogens is 260 g/mol. The maximum atomic E-state index is 11.7. The molecule has 1 aromatic carbocycles. The molecule has 1 rings (SSSR count). The fourth-order valence-electron chi connectivity index (χ4n) is 1.99. The summed E-state index contributed by atoms with van der Waals surface area (Å²) < 4.78 is 0. The van der Waals surface area contributed by atoms with Gasteiger partial charge in [-0.25, -0.2) is 0 Å². The summed E-state index contributed by atoms with van der Waals surface area (Å²) in [7, 11) is 0. The number of unbranched alkanes of at least 4 members (excludes halogenated alkanes) is 2. The van der Waals surface area contributed by atoms with Gasteiger partial charge < -0.3 is 0 Å². The van der Waals surface area contributed by atoms with Crippen LogP contribution in [0.1, 0.15) is 57.4 Å². The molecular formula is C19H24O2. The van der Waals surface area contributed by atoms with Crippen molar-refractivity contribution >= 4 is 11.6 Å². The molecule has 0 spiro atoms. The number of benzene rings is 1. The highest BCUT2D eigenvalue weighted by atomic mass is 16.1. The van der Waals surface area contributed by atoms with Crippen LogP contribution in [-0.2, 0) is 16.0 Å². The molecule has 112 valence electrons. The molecule has 2 heteroatoms. The summed E-state index contributed by atoms with van der Waals surface area (Å²) in [5.74, 6) is 5.72. The molecule has 0 aliphatic heterocycles. The fraction of sp³-hybridized carbons (Fsp3) is 0.474. The first kappa shape index (κ1) is 17.2. The van der Waals surface area contributed by atoms with E-state index in [2.05, 4.69) is 18.8 Å². The molecule has 0 aliphatic carbocycles. The van der Waals surface area contributed by atoms with Gasteiger partial charge in [-0.05, 0) is 30.7 Å². The lowest BCUT2D eigenvalue weighted by atomic mass is 10.0. The molecule has 0 fully saturated rings. The largest absolute Gasteiger partial charge is 0.300 e. The van der Waals surface area contributed by atoms with Gasteiger partial charge in [-0.2, -0.15) is 0 Å². The molecule has 0 saturated carbocycles. The smallest absolute Gasteiger partial charge is 0.205 e. The summed E-state index contributed by atoms with van der Waals surface area (Å²) in [6.07, 6.45) is 5.76. The predicted octanol–water partition coefficient (Wildman–Crippen LogP) is 4.12. The Hall–Kier alpha value is -1.88. The maximum absolute atomic E-state index is 11.7. The van der Waals surface area contributed by atoms with E-state index in [-0.39, 0.29) is 11.6 Å². The van der Waals surface area contributed by atoms with E-state index in [1.54, 1.807) is 0 Å². The lowest BCUT2D eigenvalue weighted by Crippen LogP contribution is -2.02. The summed E-state index contributed by atoms with van der Waals surface area (Å²) in [5, 5.41) is 0. The van der Waals surface area contributed by atoms with Gasteiger partial charge >= 0.3 is 0 Å². The third kappa shape index (κ3) is 8.81. The van der Waals surface area contributed by atoms with E-state index < -0.39 is 0 Å². The first-order valence-corrected chi connectivity index (χ1v) is 7.79. The van der Waals surface area contributed by atoms with Crippen LogP contribution in [0.2, 0.25) is 0 Å². The minimum absolute atomic E-state index is 0.0398. The van der Waals surface area contributed by atoms with Crippen molar-refractivity contribution < 1.29 is 9.59 Å². The van der Waals surface area contributed by atoms with E-state index in [0.717, 1.165) is 25.7 Å². The molecule has 0 amide bonds. The number of rotatable bonds is 9. The highest BCUT2D eigenvalue weighted by Gasteiger charge is 2.04. The molecule has 0 radical (unpaired) electrons. The minimum Gasteiger partial charge on any atom is -0.300 e. The number of carbonyl (C=O) groups is 2. The molecule has 0 saturated heterocycles. The molecule has 1 aromatic rings. The second-order valence-electron chi connectivity index (χ2n) is 5.21. The van der Waals surface area contributed by atoms with Gasteiger partial charge in [-0.3, -0.25) is 9.59 Å². The van der Waals surface area contributed by atoms with Crippen LogP contribution in [0.25, 0.3) is 0 Å². The third-order valence-corrected chi connectivity index (χ3v) is 3.28. The Morgan fingerprint density at radius 3 is 2.48 bits per heavy atom. The van der Waals surface area contributed by atoms with Gasteiger partial charge in [0.15, 0.2) is 0 Å². The van der Waals surface area contributed by atoms with Crippen LogP contribution in [0.15, 0.2) is 30.3 Å². The summed E-state index contributed by atoms with van der Waals surface area (Å²) in [6.45, 7) is 2.10. The normalized spacial score (nSPS) is 9.76. The van der Waals surface area contributed by atoms with Crippen LogP contribution in [0, 0.1) is 11.8 Å². The number of aryl methyl sites for hydroxylation is 1. The summed E-state index contributed by atoms with van der Waals surface area (Å²) in [4.78, 5) is 23.2. The van der Waals surface area contributed by atoms with Gasteiger partial charge in [0.05, 0.1) is 0 Å². The lowest BCUT2D eigenvalue weighted by Gasteiger charge is -2.00. The van der Waals surface area contributed by atoms with Crippen LogP contribution in [0.3, 0.4) is 0 Å². The quantitative estimate of drug-likeness (QED) is 0.388. The van der Waals surface area contributed by atoms with Crippen LogP contribution >= 0.6 is 0 Å². The first-order valence-electron chi connectivity index (χ1n) is 7.79. The minimum atomic E-state index is -0.0398. The Labute approximate surface area is 127 Å². The number of hydrogen-bond donors (Lipinski definition) is 0. The van der Waals surface area contributed by atoms with Gasteiger partial charge in [0.2, 0.25) is 5.78 Å². The van der Waals surface area contributed by atoms with Crippen molar-refractivity contribution in [1.82, 2.24) is 0 Å². The predicted molar refractivity (Wildman–Crippen MR) is 85.9 cm³/mol. The molecule has 0 aromatic heterocycles. The van der Waals surface area contributed by atoms with E-state index in [1.807, 2.05) is 30.3 Å². The van der Waals surface area contributed by atoms with E-state index >= 15 is 0 Å². The van der Waals surface area contributed by atoms with Gasteiger partial charge in [-0.1, -0.05) is 49.6 Å². The molecule has 0 N–H and O–H groups in total. The molecule has 0 aliphatic rings. The van der Waals surface area contributed by atoms with Crippen molar-refractivity contribution in [2.45, 2.75) is 58.3 Å². The SMILES string of the molecule is CCCCC#CC(=O)CCCC(=O)CCc1ccccc1. The molecule has 0 atom stereocenters. The molecule has 0 bridgehead atoms. The second-order valence-corrected chi connectivity index (χ2v) is 5.21. The highest BCUT2D eigenvalue weighted by molar-refractivity contribution is 5.95. The first-order chi connectivity index (χ1) is 10.2. The van der Waals surface area contributed by atoms with E-state index in [0.29, 0.717) is 25.7 Å². The van der Waals surface area contributed by atoms with Gasteiger partial charge in [-0.15, -0.1) is 0 Å². The zero-order chi connectivity index (χ0) is 15.3. The van der Waals surface area contributed by atoms with Gasteiger partial charge in [0, 0.05) is 25.7 Å². The monoisotopic (exact) mass is 284 g/mol. The summed E-state index contributed by atoms with van der Waals surface area (Å²) in [5.41, 5.74) is 1.18. The van der Waals surface area contributed by atoms with E-state index in [4.69, 9.17) is 0 Å². The van der Waals surface area contributed by atoms with Crippen molar-refractivity contribution in [3.63, 3.8) is 0 Å². The standard InChI is InChI=1S/C19H24O2/c1-2-3-4-8-12-18(20)13-9-14-19(21)16-15-17-10-6-5-7-11-17/h5-7,10-11H,2-4,9,13-16H2,1H3. The maximum Gasteiger partial charge on any atom is 0.205 e. The topological polar surface area (TPSA) is 34.1 Å². The molecule has 21 heavy (non-hydrogen) atoms. The number of hydrogen-bond acceptors (Lipinski definition) is 2. The Bertz CT molecular complexity index is 491. The second kappa shape index (κ2) is 10.9. The van der Waals surface area contributed by atoms with Crippen LogP contribution in [0.4, 0.5) is 0 Å². The Morgan fingerprint density at radius 1 is 1.00 bits per heavy atom. The van der Waals surface area contributed by atoms with Crippen molar-refractivity contribution in [3.8, 4) is 11.8 Å². The van der Waals surface area contributed by atoms with Crippen LogP contribution in [-0.4, -0.2) is 11.6 Å². The molecule has 2 nitrogen and oxygen atoms in total. The number of ketones is 2. The summed E-state index contributed by atoms with van der Waals surface area (Å²) >= 11 is 0. The Morgan fingerprint density at radius 2 is 1.76 bits per heavy atom. The van der Waals surface area contributed by atoms with Crippen LogP contribution in [0.5, 0.6) is 0 Å². The Balaban J connectivity index is 2.12. The third-order valence-electron chi connectivity index (χ3n) is 3.28. The average molecular weight is 284 g/mol. The van der Waals surface area contributed by atoms with Crippen molar-refractivity contribution in [2.24, 2.45) is 0 Å². The molecule has 0 heterocycles. The van der Waals surface area contributed by atoms with Crippen molar-refractivity contribution in [2.75, 3.05) is 0 Å². The van der Waals surface area contributed by atoms with Gasteiger partial charge in [0.25, 0.3) is 0 Å². The summed E-state index contributed by atoms with van der Waals surface area (Å²) in [6, 6.07) is 10.00. The zero-order valence-corrected chi connectivity index (χ0v) is 12.9. The van der Waals surface area contributed by atoms with Crippen molar-refractivity contribution in [1.29, 1.82) is 0 Å². The zero-order valence-electron chi connectivity index (χ0n) is 12.9.